The molecule has 0 saturated carbocycles. The Morgan fingerprint density at radius 1 is 1.08 bits per heavy atom. The van der Waals surface area contributed by atoms with E-state index in [1.807, 2.05) is 0 Å². The first-order valence-electron chi connectivity index (χ1n) is 10.8. The van der Waals surface area contributed by atoms with Crippen LogP contribution in [0.3, 0.4) is 0 Å². The van der Waals surface area contributed by atoms with Gasteiger partial charge in [0.25, 0.3) is 3.61 Å². The Morgan fingerprint density at radius 2 is 1.68 bits per heavy atom. The van der Waals surface area contributed by atoms with E-state index < -0.39 is 82.6 Å². The summed E-state index contributed by atoms with van der Waals surface area (Å²) in [6.45, 7) is 3.23. The number of halogens is 2. The van der Waals surface area contributed by atoms with Crippen LogP contribution < -0.4 is 5.32 Å². The minimum absolute atomic E-state index is 0.0252. The van der Waals surface area contributed by atoms with Crippen LogP contribution in [0.5, 0.6) is 0 Å². The van der Waals surface area contributed by atoms with E-state index in [0.29, 0.717) is 0 Å². The van der Waals surface area contributed by atoms with Gasteiger partial charge in [-0.05, 0) is 22.6 Å². The lowest BCUT2D eigenvalue weighted by atomic mass is 9.88. The Bertz CT molecular complexity index is 952. The first-order chi connectivity index (χ1) is 17.1. The number of rotatable bonds is 11. The number of alkyl halides is 2. The molecule has 7 atom stereocenters. The molecule has 1 aliphatic heterocycles. The van der Waals surface area contributed by atoms with Gasteiger partial charge in [-0.1, -0.05) is 0 Å². The van der Waals surface area contributed by atoms with Gasteiger partial charge in [0.1, 0.15) is 12.7 Å². The molecule has 1 fully saturated rings. The Hall–Kier alpha value is -3.00. The number of esters is 4. The standard InChI is InChI=1S/C22H27FINO12/c1-6-7-8-15(30)25-16-18(37-22(24,21(31)32)20(23)19(16)36-13(5)29)17(35-12(4)28)14(34-11(3)27)9-33-10(2)26/h1,14,16-20H,7-9H2,2-5H3,(H,25,30)(H,31,32)/t14-,16+,17-,18?,19?,20+,22-/m1/s1. The lowest BCUT2D eigenvalue weighted by Crippen LogP contribution is -2.72. The topological polar surface area (TPSA) is 181 Å². The molecule has 1 aliphatic rings. The Morgan fingerprint density at radius 3 is 2.14 bits per heavy atom. The number of nitrogens with one attached hydrogen (secondary N) is 1. The zero-order chi connectivity index (χ0) is 28.5. The number of aliphatic carboxylic acids is 1. The minimum atomic E-state index is -2.72. The third-order valence-corrected chi connectivity index (χ3v) is 6.15. The fourth-order valence-corrected chi connectivity index (χ4v) is 4.09. The molecule has 1 saturated heterocycles. The fourth-order valence-electron chi connectivity index (χ4n) is 3.44. The van der Waals surface area contributed by atoms with E-state index in [4.69, 9.17) is 30.1 Å². The van der Waals surface area contributed by atoms with Gasteiger partial charge in [-0.2, -0.15) is 0 Å². The number of ether oxygens (including phenoxy) is 5. The Balaban J connectivity index is 3.74. The summed E-state index contributed by atoms with van der Waals surface area (Å²) in [6.07, 6.45) is -4.81. The zero-order valence-corrected chi connectivity index (χ0v) is 22.5. The summed E-state index contributed by atoms with van der Waals surface area (Å²) < 4.78 is 38.8. The van der Waals surface area contributed by atoms with Gasteiger partial charge in [-0.25, -0.2) is 9.18 Å². The molecule has 13 nitrogen and oxygen atoms in total. The molecule has 1 rings (SSSR count). The molecular formula is C22H27FINO12. The highest BCUT2D eigenvalue weighted by molar-refractivity contribution is 14.1. The molecule has 0 spiro atoms. The molecule has 2 unspecified atom stereocenters. The number of amides is 1. The van der Waals surface area contributed by atoms with Gasteiger partial charge in [0.05, 0.1) is 6.04 Å². The van der Waals surface area contributed by atoms with Crippen LogP contribution in [-0.2, 0) is 52.5 Å². The Kier molecular flexibility index (Phi) is 12.2. The van der Waals surface area contributed by atoms with E-state index in [2.05, 4.69) is 11.2 Å². The quantitative estimate of drug-likeness (QED) is 0.103. The highest BCUT2D eigenvalue weighted by atomic mass is 127. The van der Waals surface area contributed by atoms with E-state index >= 15 is 4.39 Å². The van der Waals surface area contributed by atoms with Crippen LogP contribution >= 0.6 is 22.6 Å². The van der Waals surface area contributed by atoms with Gasteiger partial charge in [0.15, 0.2) is 24.5 Å². The number of terminal acetylenes is 1. The second kappa shape index (κ2) is 14.1. The Labute approximate surface area is 225 Å². The summed E-state index contributed by atoms with van der Waals surface area (Å²) in [6, 6.07) is -1.67. The molecule has 0 aromatic rings. The number of hydrogen-bond donors (Lipinski definition) is 2. The fraction of sp³-hybridized carbons (Fsp3) is 0.636. The van der Waals surface area contributed by atoms with E-state index in [0.717, 1.165) is 50.3 Å². The third-order valence-electron chi connectivity index (χ3n) is 4.84. The van der Waals surface area contributed by atoms with Crippen molar-refractivity contribution in [1.29, 1.82) is 0 Å². The van der Waals surface area contributed by atoms with E-state index in [9.17, 15) is 33.9 Å². The van der Waals surface area contributed by atoms with Crippen molar-refractivity contribution in [3.05, 3.63) is 0 Å². The molecule has 0 aromatic carbocycles. The van der Waals surface area contributed by atoms with Crippen molar-refractivity contribution < 1.29 is 61.9 Å². The molecule has 1 amide bonds. The summed E-state index contributed by atoms with van der Waals surface area (Å²) in [7, 11) is 0. The predicted octanol–water partition coefficient (Wildman–Crippen LogP) is 0.196. The third kappa shape index (κ3) is 9.11. The second-order valence-electron chi connectivity index (χ2n) is 7.83. The molecule has 15 heteroatoms. The lowest BCUT2D eigenvalue weighted by molar-refractivity contribution is -0.235. The molecule has 37 heavy (non-hydrogen) atoms. The maximum atomic E-state index is 15.6. The monoisotopic (exact) mass is 643 g/mol. The second-order valence-corrected chi connectivity index (χ2v) is 9.43. The molecule has 0 radical (unpaired) electrons. The molecule has 0 aliphatic carbocycles. The highest BCUT2D eigenvalue weighted by Gasteiger charge is 2.63. The largest absolute Gasteiger partial charge is 0.478 e. The van der Waals surface area contributed by atoms with E-state index in [1.165, 1.54) is 0 Å². The number of carboxylic acid groups (broad SMARTS) is 1. The van der Waals surface area contributed by atoms with Crippen molar-refractivity contribution in [3.63, 3.8) is 0 Å². The zero-order valence-electron chi connectivity index (χ0n) is 20.4. The van der Waals surface area contributed by atoms with Crippen molar-refractivity contribution in [2.24, 2.45) is 0 Å². The van der Waals surface area contributed by atoms with Crippen molar-refractivity contribution in [2.75, 3.05) is 6.61 Å². The molecule has 0 bridgehead atoms. The molecule has 1 heterocycles. The molecule has 0 aromatic heterocycles. The van der Waals surface area contributed by atoms with Gasteiger partial charge in [0.2, 0.25) is 5.91 Å². The van der Waals surface area contributed by atoms with Crippen LogP contribution in [0.4, 0.5) is 4.39 Å². The van der Waals surface area contributed by atoms with Crippen LogP contribution in [0.1, 0.15) is 40.5 Å². The minimum Gasteiger partial charge on any atom is -0.478 e. The van der Waals surface area contributed by atoms with Crippen LogP contribution in [0.25, 0.3) is 0 Å². The molecular weight excluding hydrogens is 616 g/mol. The predicted molar refractivity (Wildman–Crippen MR) is 127 cm³/mol. The normalized spacial score (nSPS) is 26.4. The van der Waals surface area contributed by atoms with Gasteiger partial charge in [-0.3, -0.25) is 24.0 Å². The van der Waals surface area contributed by atoms with E-state index in [-0.39, 0.29) is 12.8 Å². The molecule has 2 N–H and O–H groups in total. The van der Waals surface area contributed by atoms with Crippen LogP contribution in [0, 0.1) is 12.3 Å². The van der Waals surface area contributed by atoms with E-state index in [1.54, 1.807) is 0 Å². The van der Waals surface area contributed by atoms with Crippen LogP contribution in [-0.4, -0.2) is 87.7 Å². The summed E-state index contributed by atoms with van der Waals surface area (Å²) in [5.74, 6) is -4.08. The summed E-state index contributed by atoms with van der Waals surface area (Å²) in [5, 5.41) is 12.1. The summed E-state index contributed by atoms with van der Waals surface area (Å²) in [5.41, 5.74) is 0. The van der Waals surface area contributed by atoms with Gasteiger partial charge in [-0.15, -0.1) is 12.3 Å². The van der Waals surface area contributed by atoms with Crippen molar-refractivity contribution in [1.82, 2.24) is 5.32 Å². The van der Waals surface area contributed by atoms with Gasteiger partial charge >= 0.3 is 29.8 Å². The van der Waals surface area contributed by atoms with Crippen molar-refractivity contribution in [2.45, 2.75) is 80.8 Å². The first kappa shape index (κ1) is 32.0. The number of carbonyl (C=O) groups is 6. The maximum Gasteiger partial charge on any atom is 0.349 e. The number of carbonyl (C=O) groups excluding carboxylic acids is 5. The van der Waals surface area contributed by atoms with Gasteiger partial charge in [0, 0.05) is 40.5 Å². The van der Waals surface area contributed by atoms with Crippen molar-refractivity contribution in [3.8, 4) is 12.3 Å². The SMILES string of the molecule is C#CCCC(=O)N[C@H]1C([C@H](OC(C)=O)[C@@H](COC(C)=O)OC(C)=O)O[C@@](I)(C(=O)O)[C@@H](F)C1OC(C)=O. The van der Waals surface area contributed by atoms with Crippen LogP contribution in [0.2, 0.25) is 0 Å². The number of hydrogen-bond acceptors (Lipinski definition) is 11. The summed E-state index contributed by atoms with van der Waals surface area (Å²) >= 11 is 1.14. The van der Waals surface area contributed by atoms with Crippen LogP contribution in [0.15, 0.2) is 0 Å². The first-order valence-corrected chi connectivity index (χ1v) is 11.8. The lowest BCUT2D eigenvalue weighted by Gasteiger charge is -2.48. The van der Waals surface area contributed by atoms with Gasteiger partial charge < -0.3 is 34.1 Å². The highest BCUT2D eigenvalue weighted by Crippen LogP contribution is 2.41. The maximum absolute atomic E-state index is 15.6. The average Bonchev–Trinajstić information content (AvgIpc) is 2.77. The summed E-state index contributed by atoms with van der Waals surface area (Å²) in [4.78, 5) is 71.6. The molecule has 206 valence electrons. The smallest absolute Gasteiger partial charge is 0.349 e. The van der Waals surface area contributed by atoms with Crippen molar-refractivity contribution >= 4 is 58.3 Å². The average molecular weight is 643 g/mol. The number of carboxylic acids is 1.